The minimum atomic E-state index is -3.96. The van der Waals surface area contributed by atoms with Crippen molar-refractivity contribution in [3.8, 4) is 0 Å². The van der Waals surface area contributed by atoms with Gasteiger partial charge in [-0.2, -0.15) is 0 Å². The van der Waals surface area contributed by atoms with E-state index in [-0.39, 0.29) is 15.8 Å². The molecule has 0 saturated heterocycles. The maximum Gasteiger partial charge on any atom is 0.304 e. The summed E-state index contributed by atoms with van der Waals surface area (Å²) < 4.78 is 40.2. The summed E-state index contributed by atoms with van der Waals surface area (Å²) in [7, 11) is -3.96. The Morgan fingerprint density at radius 1 is 1.43 bits per heavy atom. The van der Waals surface area contributed by atoms with E-state index in [0.717, 1.165) is 18.2 Å². The van der Waals surface area contributed by atoms with Crippen LogP contribution < -0.4 is 4.72 Å². The van der Waals surface area contributed by atoms with Gasteiger partial charge in [-0.15, -0.1) is 0 Å². The minimum absolute atomic E-state index is 0.0815. The van der Waals surface area contributed by atoms with Crippen LogP contribution in [-0.4, -0.2) is 25.5 Å². The molecule has 0 aliphatic heterocycles. The normalized spacial score (nSPS) is 14.0. The van der Waals surface area contributed by atoms with Crippen molar-refractivity contribution in [2.45, 2.75) is 38.1 Å². The zero-order chi connectivity index (χ0) is 16.4. The first kappa shape index (κ1) is 18.1. The van der Waals surface area contributed by atoms with Crippen LogP contribution in [0.4, 0.5) is 4.39 Å². The molecular weight excluding hydrogens is 365 g/mol. The lowest BCUT2D eigenvalue weighted by Crippen LogP contribution is -2.45. The molecule has 0 radical (unpaired) electrons. The maximum atomic E-state index is 13.0. The largest absolute Gasteiger partial charge is 0.481 e. The number of nitrogens with one attached hydrogen (secondary N) is 1. The fourth-order valence-corrected chi connectivity index (χ4v) is 4.13. The molecule has 2 N–H and O–H groups in total. The molecule has 0 heterocycles. The van der Waals surface area contributed by atoms with Crippen molar-refractivity contribution in [3.63, 3.8) is 0 Å². The van der Waals surface area contributed by atoms with Crippen molar-refractivity contribution in [2.24, 2.45) is 5.41 Å². The van der Waals surface area contributed by atoms with Crippen molar-refractivity contribution < 1.29 is 22.7 Å². The van der Waals surface area contributed by atoms with Crippen LogP contribution in [0, 0.1) is 11.2 Å². The third-order valence-corrected chi connectivity index (χ3v) is 5.35. The molecular formula is C13H17BrFNO4S. The van der Waals surface area contributed by atoms with Crippen LogP contribution in [0.1, 0.15) is 27.2 Å². The molecule has 1 rings (SSSR count). The van der Waals surface area contributed by atoms with Crippen LogP contribution in [-0.2, 0) is 14.8 Å². The molecule has 118 valence electrons. The molecule has 1 aromatic rings. The Balaban J connectivity index is 3.14. The Labute approximate surface area is 131 Å². The molecule has 0 bridgehead atoms. The molecule has 5 nitrogen and oxygen atoms in total. The van der Waals surface area contributed by atoms with Crippen molar-refractivity contribution in [3.05, 3.63) is 28.5 Å². The maximum absolute atomic E-state index is 13.0. The van der Waals surface area contributed by atoms with Gasteiger partial charge in [0.25, 0.3) is 0 Å². The van der Waals surface area contributed by atoms with Gasteiger partial charge in [0.15, 0.2) is 0 Å². The molecule has 0 fully saturated rings. The van der Waals surface area contributed by atoms with Crippen LogP contribution in [0.3, 0.4) is 0 Å². The molecule has 0 amide bonds. The number of aliphatic carboxylic acids is 1. The quantitative estimate of drug-likeness (QED) is 0.821. The van der Waals surface area contributed by atoms with E-state index in [1.165, 1.54) is 0 Å². The highest BCUT2D eigenvalue weighted by atomic mass is 79.9. The second-order valence-corrected chi connectivity index (χ2v) is 8.25. The number of carboxylic acid groups (broad SMARTS) is 1. The lowest BCUT2D eigenvalue weighted by Gasteiger charge is -2.30. The molecule has 1 atom stereocenters. The number of carboxylic acids is 1. The van der Waals surface area contributed by atoms with Gasteiger partial charge in [-0.05, 0) is 39.5 Å². The summed E-state index contributed by atoms with van der Waals surface area (Å²) in [6, 6.07) is 2.40. The van der Waals surface area contributed by atoms with E-state index in [9.17, 15) is 17.6 Å². The van der Waals surface area contributed by atoms with Gasteiger partial charge in [0.1, 0.15) is 5.82 Å². The standard InChI is InChI=1S/C13H17BrFNO4S/c1-13(2,3)11(7-12(17)18)16-21(19,20)10-5-4-8(15)6-9(10)14/h4-6,11,16H,7H2,1-3H3,(H,17,18). The molecule has 0 saturated carbocycles. The van der Waals surface area contributed by atoms with Gasteiger partial charge in [0.05, 0.1) is 11.3 Å². The highest BCUT2D eigenvalue weighted by Crippen LogP contribution is 2.27. The number of sulfonamides is 1. The summed E-state index contributed by atoms with van der Waals surface area (Å²) in [5.41, 5.74) is -0.585. The zero-order valence-corrected chi connectivity index (χ0v) is 14.3. The highest BCUT2D eigenvalue weighted by molar-refractivity contribution is 9.10. The number of halogens is 2. The zero-order valence-electron chi connectivity index (χ0n) is 11.9. The summed E-state index contributed by atoms with van der Waals surface area (Å²) in [5.74, 6) is -1.67. The molecule has 0 aliphatic rings. The number of hydrogen-bond donors (Lipinski definition) is 2. The average Bonchev–Trinajstić information content (AvgIpc) is 2.24. The second kappa shape index (κ2) is 6.41. The third kappa shape index (κ3) is 5.05. The van der Waals surface area contributed by atoms with Gasteiger partial charge in [-0.1, -0.05) is 20.8 Å². The predicted molar refractivity (Wildman–Crippen MR) is 79.9 cm³/mol. The average molecular weight is 382 g/mol. The Bertz CT molecular complexity index is 640. The van der Waals surface area contributed by atoms with Crippen molar-refractivity contribution in [2.75, 3.05) is 0 Å². The number of carbonyl (C=O) groups is 1. The summed E-state index contributed by atoms with van der Waals surface area (Å²) in [6.07, 6.45) is -0.346. The van der Waals surface area contributed by atoms with E-state index in [2.05, 4.69) is 20.7 Å². The van der Waals surface area contributed by atoms with E-state index in [4.69, 9.17) is 5.11 Å². The fourth-order valence-electron chi connectivity index (χ4n) is 1.64. The second-order valence-electron chi connectivity index (χ2n) is 5.71. The SMILES string of the molecule is CC(C)(C)C(CC(=O)O)NS(=O)(=O)c1ccc(F)cc1Br. The molecule has 1 unspecified atom stereocenters. The lowest BCUT2D eigenvalue weighted by molar-refractivity contribution is -0.138. The summed E-state index contributed by atoms with van der Waals surface area (Å²) in [6.45, 7) is 5.22. The first-order valence-electron chi connectivity index (χ1n) is 6.12. The first-order valence-corrected chi connectivity index (χ1v) is 8.40. The summed E-state index contributed by atoms with van der Waals surface area (Å²) >= 11 is 3.00. The van der Waals surface area contributed by atoms with Crippen LogP contribution in [0.2, 0.25) is 0 Å². The van der Waals surface area contributed by atoms with Gasteiger partial charge in [-0.3, -0.25) is 4.79 Å². The van der Waals surface area contributed by atoms with E-state index in [0.29, 0.717) is 0 Å². The minimum Gasteiger partial charge on any atom is -0.481 e. The van der Waals surface area contributed by atoms with Crippen molar-refractivity contribution >= 4 is 31.9 Å². The van der Waals surface area contributed by atoms with E-state index in [1.807, 2.05) is 0 Å². The summed E-state index contributed by atoms with van der Waals surface area (Å²) in [4.78, 5) is 10.8. The third-order valence-electron chi connectivity index (χ3n) is 2.90. The molecule has 8 heteroatoms. The molecule has 0 aliphatic carbocycles. The number of hydrogen-bond acceptors (Lipinski definition) is 3. The van der Waals surface area contributed by atoms with Crippen LogP contribution >= 0.6 is 15.9 Å². The lowest BCUT2D eigenvalue weighted by atomic mass is 9.85. The van der Waals surface area contributed by atoms with Gasteiger partial charge in [0.2, 0.25) is 10.0 Å². The van der Waals surface area contributed by atoms with Crippen LogP contribution in [0.5, 0.6) is 0 Å². The van der Waals surface area contributed by atoms with Crippen LogP contribution in [0.25, 0.3) is 0 Å². The monoisotopic (exact) mass is 381 g/mol. The molecule has 21 heavy (non-hydrogen) atoms. The Morgan fingerprint density at radius 3 is 2.43 bits per heavy atom. The van der Waals surface area contributed by atoms with E-state index < -0.39 is 33.3 Å². The Morgan fingerprint density at radius 2 is 2.00 bits per heavy atom. The van der Waals surface area contributed by atoms with Gasteiger partial charge >= 0.3 is 5.97 Å². The Hall–Kier alpha value is -0.990. The fraction of sp³-hybridized carbons (Fsp3) is 0.462. The van der Waals surface area contributed by atoms with Gasteiger partial charge in [0, 0.05) is 10.5 Å². The number of benzene rings is 1. The topological polar surface area (TPSA) is 83.5 Å². The first-order chi connectivity index (χ1) is 9.43. The van der Waals surface area contributed by atoms with Gasteiger partial charge in [-0.25, -0.2) is 17.5 Å². The molecule has 0 aromatic heterocycles. The Kier molecular flexibility index (Phi) is 5.51. The van der Waals surface area contributed by atoms with E-state index >= 15 is 0 Å². The number of rotatable bonds is 5. The van der Waals surface area contributed by atoms with Crippen molar-refractivity contribution in [1.82, 2.24) is 4.72 Å². The highest BCUT2D eigenvalue weighted by Gasteiger charge is 2.32. The van der Waals surface area contributed by atoms with E-state index in [1.54, 1.807) is 20.8 Å². The molecule has 1 aromatic carbocycles. The smallest absolute Gasteiger partial charge is 0.304 e. The van der Waals surface area contributed by atoms with Crippen molar-refractivity contribution in [1.29, 1.82) is 0 Å². The van der Waals surface area contributed by atoms with Crippen LogP contribution in [0.15, 0.2) is 27.6 Å². The molecule has 0 spiro atoms. The summed E-state index contributed by atoms with van der Waals surface area (Å²) in [5, 5.41) is 8.91. The predicted octanol–water partition coefficient (Wildman–Crippen LogP) is 2.76. The van der Waals surface area contributed by atoms with Gasteiger partial charge < -0.3 is 5.11 Å².